The van der Waals surface area contributed by atoms with E-state index in [2.05, 4.69) is 22.3 Å². The Kier molecular flexibility index (Phi) is 7.83. The van der Waals surface area contributed by atoms with Gasteiger partial charge in [0.15, 0.2) is 0 Å². The van der Waals surface area contributed by atoms with E-state index < -0.39 is 15.8 Å². The molecule has 0 bridgehead atoms. The maximum atomic E-state index is 14.1. The third kappa shape index (κ3) is 6.68. The second-order valence-corrected chi connectivity index (χ2v) is 10.8. The van der Waals surface area contributed by atoms with E-state index in [0.29, 0.717) is 17.8 Å². The van der Waals surface area contributed by atoms with Gasteiger partial charge in [0.25, 0.3) is 5.91 Å². The Hall–Kier alpha value is -3.23. The van der Waals surface area contributed by atoms with Gasteiger partial charge in [0, 0.05) is 24.2 Å². The number of nitrogens with one attached hydrogen (secondary N) is 1. The minimum atomic E-state index is -3.66. The predicted octanol–water partition coefficient (Wildman–Crippen LogP) is 4.32. The topological polar surface area (TPSA) is 69.7 Å². The van der Waals surface area contributed by atoms with Crippen LogP contribution in [0.2, 0.25) is 0 Å². The summed E-state index contributed by atoms with van der Waals surface area (Å²) in [6, 6.07) is 20.6. The van der Waals surface area contributed by atoms with Crippen LogP contribution in [0.4, 0.5) is 10.1 Å². The van der Waals surface area contributed by atoms with Crippen LogP contribution in [0.25, 0.3) is 0 Å². The molecule has 1 aliphatic rings. The van der Waals surface area contributed by atoms with E-state index in [9.17, 15) is 17.6 Å². The van der Waals surface area contributed by atoms with Gasteiger partial charge in [-0.2, -0.15) is 0 Å². The summed E-state index contributed by atoms with van der Waals surface area (Å²) < 4.78 is 39.9. The molecule has 1 saturated heterocycles. The Morgan fingerprint density at radius 2 is 1.57 bits per heavy atom. The molecule has 184 valence electrons. The number of likely N-dealkylation sites (tertiary alicyclic amines) is 1. The van der Waals surface area contributed by atoms with Crippen molar-refractivity contribution in [3.05, 3.63) is 101 Å². The molecule has 1 heterocycles. The Bertz CT molecular complexity index is 1260. The molecule has 3 aromatic carbocycles. The van der Waals surface area contributed by atoms with Crippen LogP contribution in [0.3, 0.4) is 0 Å². The first-order valence-electron chi connectivity index (χ1n) is 11.7. The number of rotatable bonds is 9. The summed E-state index contributed by atoms with van der Waals surface area (Å²) in [6.45, 7) is 3.53. The Morgan fingerprint density at radius 3 is 2.20 bits per heavy atom. The lowest BCUT2D eigenvalue weighted by atomic mass is 10.1. The third-order valence-electron chi connectivity index (χ3n) is 6.17. The minimum absolute atomic E-state index is 0.134. The molecule has 6 nitrogen and oxygen atoms in total. The molecule has 1 fully saturated rings. The van der Waals surface area contributed by atoms with Crippen molar-refractivity contribution >= 4 is 21.6 Å². The highest BCUT2D eigenvalue weighted by molar-refractivity contribution is 7.92. The monoisotopic (exact) mass is 495 g/mol. The number of sulfonamides is 1. The van der Waals surface area contributed by atoms with Crippen molar-refractivity contribution in [1.29, 1.82) is 0 Å². The lowest BCUT2D eigenvalue weighted by Gasteiger charge is -2.23. The number of carbonyl (C=O) groups excluding carboxylic acids is 1. The standard InChI is InChI=1S/C27H30FN3O3S/c1-35(33,34)31(20-24-6-2-3-7-26(24)28)25-14-12-23(13-15-25)27(32)29-18-21-8-10-22(11-9-21)19-30-16-4-5-17-30/h2-3,6-15H,4-5,16-20H2,1H3,(H,29,32). The fourth-order valence-corrected chi connectivity index (χ4v) is 5.08. The summed E-state index contributed by atoms with van der Waals surface area (Å²) in [7, 11) is -3.66. The first kappa shape index (κ1) is 24.9. The number of nitrogens with zero attached hydrogens (tertiary/aromatic N) is 2. The average molecular weight is 496 g/mol. The smallest absolute Gasteiger partial charge is 0.251 e. The van der Waals surface area contributed by atoms with E-state index in [1.807, 2.05) is 12.1 Å². The van der Waals surface area contributed by atoms with Crippen molar-refractivity contribution < 1.29 is 17.6 Å². The summed E-state index contributed by atoms with van der Waals surface area (Å²) in [5, 5.41) is 2.90. The molecule has 1 amide bonds. The second-order valence-electron chi connectivity index (χ2n) is 8.89. The Balaban J connectivity index is 1.37. The van der Waals surface area contributed by atoms with E-state index >= 15 is 0 Å². The van der Waals surface area contributed by atoms with Crippen LogP contribution < -0.4 is 9.62 Å². The predicted molar refractivity (Wildman–Crippen MR) is 136 cm³/mol. The van der Waals surface area contributed by atoms with Crippen LogP contribution in [-0.4, -0.2) is 38.6 Å². The highest BCUT2D eigenvalue weighted by Gasteiger charge is 2.20. The lowest BCUT2D eigenvalue weighted by Crippen LogP contribution is -2.30. The van der Waals surface area contributed by atoms with Crippen molar-refractivity contribution in [2.24, 2.45) is 0 Å². The van der Waals surface area contributed by atoms with Gasteiger partial charge in [-0.05, 0) is 67.4 Å². The zero-order valence-corrected chi connectivity index (χ0v) is 20.6. The minimum Gasteiger partial charge on any atom is -0.348 e. The number of anilines is 1. The van der Waals surface area contributed by atoms with Gasteiger partial charge < -0.3 is 5.32 Å². The van der Waals surface area contributed by atoms with Gasteiger partial charge in [0.05, 0.1) is 18.5 Å². The number of amides is 1. The quantitative estimate of drug-likeness (QED) is 0.480. The largest absolute Gasteiger partial charge is 0.348 e. The number of benzene rings is 3. The summed E-state index contributed by atoms with van der Waals surface area (Å²) in [4.78, 5) is 15.1. The molecule has 0 saturated carbocycles. The van der Waals surface area contributed by atoms with E-state index in [1.54, 1.807) is 42.5 Å². The third-order valence-corrected chi connectivity index (χ3v) is 7.31. The second kappa shape index (κ2) is 11.0. The molecule has 35 heavy (non-hydrogen) atoms. The van der Waals surface area contributed by atoms with Gasteiger partial charge in [0.2, 0.25) is 10.0 Å². The van der Waals surface area contributed by atoms with E-state index in [4.69, 9.17) is 0 Å². The zero-order chi connectivity index (χ0) is 24.8. The van der Waals surface area contributed by atoms with Crippen molar-refractivity contribution in [1.82, 2.24) is 10.2 Å². The highest BCUT2D eigenvalue weighted by atomic mass is 32.2. The van der Waals surface area contributed by atoms with Crippen LogP contribution in [0.1, 0.15) is 39.9 Å². The van der Waals surface area contributed by atoms with Gasteiger partial charge in [-0.3, -0.25) is 14.0 Å². The SMILES string of the molecule is CS(=O)(=O)N(Cc1ccccc1F)c1ccc(C(=O)NCc2ccc(CN3CCCC3)cc2)cc1. The summed E-state index contributed by atoms with van der Waals surface area (Å²) >= 11 is 0. The molecular formula is C27H30FN3O3S. The van der Waals surface area contributed by atoms with Gasteiger partial charge >= 0.3 is 0 Å². The number of hydrogen-bond acceptors (Lipinski definition) is 4. The van der Waals surface area contributed by atoms with E-state index in [1.165, 1.54) is 24.5 Å². The van der Waals surface area contributed by atoms with Gasteiger partial charge in [0.1, 0.15) is 5.82 Å². The normalized spacial score (nSPS) is 14.1. The summed E-state index contributed by atoms with van der Waals surface area (Å²) in [5.74, 6) is -0.723. The number of hydrogen-bond donors (Lipinski definition) is 1. The molecule has 8 heteroatoms. The van der Waals surface area contributed by atoms with E-state index in [0.717, 1.165) is 35.8 Å². The molecule has 0 atom stereocenters. The van der Waals surface area contributed by atoms with Gasteiger partial charge in [-0.1, -0.05) is 42.5 Å². The molecule has 0 radical (unpaired) electrons. The van der Waals surface area contributed by atoms with Crippen molar-refractivity contribution in [3.63, 3.8) is 0 Å². The van der Waals surface area contributed by atoms with Crippen molar-refractivity contribution in [2.75, 3.05) is 23.7 Å². The summed E-state index contributed by atoms with van der Waals surface area (Å²) in [5.41, 5.74) is 3.32. The van der Waals surface area contributed by atoms with Gasteiger partial charge in [-0.25, -0.2) is 12.8 Å². The molecule has 0 unspecified atom stereocenters. The maximum Gasteiger partial charge on any atom is 0.251 e. The first-order chi connectivity index (χ1) is 16.8. The van der Waals surface area contributed by atoms with Crippen LogP contribution in [0, 0.1) is 5.82 Å². The Morgan fingerprint density at radius 1 is 0.943 bits per heavy atom. The molecule has 4 rings (SSSR count). The van der Waals surface area contributed by atoms with E-state index in [-0.39, 0.29) is 18.0 Å². The lowest BCUT2D eigenvalue weighted by molar-refractivity contribution is 0.0951. The maximum absolute atomic E-state index is 14.1. The van der Waals surface area contributed by atoms with Crippen LogP contribution in [0.5, 0.6) is 0 Å². The number of carbonyl (C=O) groups is 1. The molecule has 1 N–H and O–H groups in total. The zero-order valence-electron chi connectivity index (χ0n) is 19.8. The molecule has 1 aliphatic heterocycles. The fraction of sp³-hybridized carbons (Fsp3) is 0.296. The fourth-order valence-electron chi connectivity index (χ4n) is 4.21. The molecule has 0 spiro atoms. The highest BCUT2D eigenvalue weighted by Crippen LogP contribution is 2.22. The summed E-state index contributed by atoms with van der Waals surface area (Å²) in [6.07, 6.45) is 3.61. The molecule has 0 aliphatic carbocycles. The van der Waals surface area contributed by atoms with Crippen LogP contribution in [-0.2, 0) is 29.7 Å². The molecular weight excluding hydrogens is 465 g/mol. The number of halogens is 1. The Labute approximate surface area is 206 Å². The average Bonchev–Trinajstić information content (AvgIpc) is 3.35. The van der Waals surface area contributed by atoms with Crippen molar-refractivity contribution in [2.45, 2.75) is 32.5 Å². The van der Waals surface area contributed by atoms with Gasteiger partial charge in [-0.15, -0.1) is 0 Å². The molecule has 0 aromatic heterocycles. The van der Waals surface area contributed by atoms with Crippen molar-refractivity contribution in [3.8, 4) is 0 Å². The van der Waals surface area contributed by atoms with Crippen LogP contribution >= 0.6 is 0 Å². The molecule has 3 aromatic rings. The first-order valence-corrected chi connectivity index (χ1v) is 13.5. The van der Waals surface area contributed by atoms with Crippen LogP contribution in [0.15, 0.2) is 72.8 Å².